The molecule has 0 amide bonds. The van der Waals surface area contributed by atoms with E-state index in [1.54, 1.807) is 10.7 Å². The van der Waals surface area contributed by atoms with Crippen molar-refractivity contribution < 1.29 is 17.6 Å². The van der Waals surface area contributed by atoms with Gasteiger partial charge in [-0.05, 0) is 44.2 Å². The molecule has 160 valence electrons. The SMILES string of the molecule is Cc1cc(C)n(-c2cc(Nc3n[nH]c(-c4ccc(F)cc4)c3CC(F)(F)F)ncn2)n1. The third-order valence-electron chi connectivity index (χ3n) is 4.50. The average molecular weight is 431 g/mol. The van der Waals surface area contributed by atoms with Gasteiger partial charge in [0.1, 0.15) is 18.0 Å². The number of rotatable bonds is 5. The maximum atomic E-state index is 13.3. The zero-order valence-electron chi connectivity index (χ0n) is 16.5. The van der Waals surface area contributed by atoms with Gasteiger partial charge in [0.2, 0.25) is 0 Å². The third-order valence-corrected chi connectivity index (χ3v) is 4.50. The largest absolute Gasteiger partial charge is 0.393 e. The number of alkyl halides is 3. The van der Waals surface area contributed by atoms with Gasteiger partial charge in [-0.3, -0.25) is 5.10 Å². The Morgan fingerprint density at radius 2 is 1.81 bits per heavy atom. The molecule has 7 nitrogen and oxygen atoms in total. The minimum atomic E-state index is -4.48. The van der Waals surface area contributed by atoms with E-state index in [2.05, 4.69) is 30.6 Å². The van der Waals surface area contributed by atoms with Crippen molar-refractivity contribution in [3.8, 4) is 17.1 Å². The van der Waals surface area contributed by atoms with Crippen molar-refractivity contribution in [2.45, 2.75) is 26.4 Å². The molecule has 0 aliphatic rings. The predicted molar refractivity (Wildman–Crippen MR) is 106 cm³/mol. The van der Waals surface area contributed by atoms with Gasteiger partial charge in [0, 0.05) is 22.9 Å². The van der Waals surface area contributed by atoms with Crippen molar-refractivity contribution in [2.24, 2.45) is 0 Å². The van der Waals surface area contributed by atoms with Gasteiger partial charge in [-0.25, -0.2) is 19.0 Å². The number of hydrogen-bond acceptors (Lipinski definition) is 5. The summed E-state index contributed by atoms with van der Waals surface area (Å²) in [5.74, 6) is 0.180. The number of nitrogens with one attached hydrogen (secondary N) is 2. The lowest BCUT2D eigenvalue weighted by molar-refractivity contribution is -0.127. The first-order valence-corrected chi connectivity index (χ1v) is 9.22. The van der Waals surface area contributed by atoms with Gasteiger partial charge in [-0.1, -0.05) is 0 Å². The van der Waals surface area contributed by atoms with E-state index in [1.807, 2.05) is 19.9 Å². The molecule has 0 atom stereocenters. The Hall–Kier alpha value is -3.76. The molecule has 0 saturated heterocycles. The highest BCUT2D eigenvalue weighted by Crippen LogP contribution is 2.34. The van der Waals surface area contributed by atoms with Crippen molar-refractivity contribution in [1.29, 1.82) is 0 Å². The van der Waals surface area contributed by atoms with Gasteiger partial charge in [-0.15, -0.1) is 0 Å². The lowest BCUT2D eigenvalue weighted by Gasteiger charge is -2.11. The second-order valence-electron chi connectivity index (χ2n) is 6.95. The summed E-state index contributed by atoms with van der Waals surface area (Å²) in [4.78, 5) is 8.25. The summed E-state index contributed by atoms with van der Waals surface area (Å²) in [5, 5.41) is 13.8. The lowest BCUT2D eigenvalue weighted by Crippen LogP contribution is -2.13. The van der Waals surface area contributed by atoms with E-state index in [0.29, 0.717) is 11.4 Å². The van der Waals surface area contributed by atoms with Gasteiger partial charge in [0.05, 0.1) is 17.8 Å². The Kier molecular flexibility index (Phi) is 5.17. The Balaban J connectivity index is 1.71. The highest BCUT2D eigenvalue weighted by Gasteiger charge is 2.32. The summed E-state index contributed by atoms with van der Waals surface area (Å²) in [6, 6.07) is 8.55. The normalized spacial score (nSPS) is 11.7. The molecule has 0 radical (unpaired) electrons. The summed E-state index contributed by atoms with van der Waals surface area (Å²) in [7, 11) is 0. The molecule has 1 aromatic carbocycles. The maximum absolute atomic E-state index is 13.3. The van der Waals surface area contributed by atoms with Crippen molar-refractivity contribution in [1.82, 2.24) is 29.9 Å². The standard InChI is InChI=1S/C20H17F4N7/c1-11-7-12(2)31(30-11)17-8-16(25-10-26-17)27-19-15(9-20(22,23)24)18(28-29-19)13-3-5-14(21)6-4-13/h3-8,10H,9H2,1-2H3,(H2,25,26,27,28,29). The molecular formula is C20H17F4N7. The molecule has 4 rings (SSSR count). The zero-order chi connectivity index (χ0) is 22.2. The van der Waals surface area contributed by atoms with Crippen LogP contribution in [0.4, 0.5) is 29.2 Å². The second-order valence-corrected chi connectivity index (χ2v) is 6.95. The number of aromatic nitrogens is 6. The van der Waals surface area contributed by atoms with Crippen LogP contribution in [0.5, 0.6) is 0 Å². The fraction of sp³-hybridized carbons (Fsp3) is 0.200. The Morgan fingerprint density at radius 3 is 2.45 bits per heavy atom. The Labute approximate surface area is 174 Å². The van der Waals surface area contributed by atoms with Gasteiger partial charge in [-0.2, -0.15) is 23.4 Å². The number of halogens is 4. The maximum Gasteiger partial charge on any atom is 0.393 e. The van der Waals surface area contributed by atoms with Gasteiger partial charge in [0.25, 0.3) is 0 Å². The fourth-order valence-electron chi connectivity index (χ4n) is 3.21. The topological polar surface area (TPSA) is 84.3 Å². The van der Waals surface area contributed by atoms with Crippen LogP contribution in [0.2, 0.25) is 0 Å². The van der Waals surface area contributed by atoms with Crippen molar-refractivity contribution >= 4 is 11.6 Å². The molecule has 0 bridgehead atoms. The predicted octanol–water partition coefficient (Wildman–Crippen LogP) is 4.66. The van der Waals surface area contributed by atoms with Crippen LogP contribution in [0.1, 0.15) is 17.0 Å². The Morgan fingerprint density at radius 1 is 1.06 bits per heavy atom. The quantitative estimate of drug-likeness (QED) is 0.449. The van der Waals surface area contributed by atoms with Crippen LogP contribution in [0, 0.1) is 19.7 Å². The highest BCUT2D eigenvalue weighted by atomic mass is 19.4. The second kappa shape index (κ2) is 7.82. The highest BCUT2D eigenvalue weighted by molar-refractivity contribution is 5.71. The smallest absolute Gasteiger partial charge is 0.323 e. The van der Waals surface area contributed by atoms with Crippen LogP contribution in [0.3, 0.4) is 0 Å². The van der Waals surface area contributed by atoms with E-state index < -0.39 is 18.4 Å². The van der Waals surface area contributed by atoms with E-state index in [1.165, 1.54) is 30.6 Å². The minimum Gasteiger partial charge on any atom is -0.323 e. The first kappa shape index (κ1) is 20.5. The molecule has 0 fully saturated rings. The van der Waals surface area contributed by atoms with Crippen molar-refractivity contribution in [3.05, 3.63) is 65.5 Å². The molecule has 0 spiro atoms. The molecule has 3 heterocycles. The van der Waals surface area contributed by atoms with Crippen molar-refractivity contribution in [3.63, 3.8) is 0 Å². The van der Waals surface area contributed by atoms with Gasteiger partial charge < -0.3 is 5.32 Å². The monoisotopic (exact) mass is 431 g/mol. The molecule has 0 unspecified atom stereocenters. The third kappa shape index (κ3) is 4.55. The molecule has 11 heteroatoms. The van der Waals surface area contributed by atoms with Gasteiger partial charge in [0.15, 0.2) is 11.6 Å². The van der Waals surface area contributed by atoms with Crippen molar-refractivity contribution in [2.75, 3.05) is 5.32 Å². The molecular weight excluding hydrogens is 414 g/mol. The first-order chi connectivity index (χ1) is 14.7. The molecule has 0 aliphatic carbocycles. The molecule has 0 saturated carbocycles. The summed E-state index contributed by atoms with van der Waals surface area (Å²) < 4.78 is 54.6. The number of nitrogens with zero attached hydrogens (tertiary/aromatic N) is 5. The van der Waals surface area contributed by atoms with E-state index in [-0.39, 0.29) is 22.9 Å². The van der Waals surface area contributed by atoms with Crippen LogP contribution in [0.15, 0.2) is 42.7 Å². The summed E-state index contributed by atoms with van der Waals surface area (Å²) in [6.45, 7) is 3.70. The minimum absolute atomic E-state index is 0.0327. The Bertz CT molecular complexity index is 1210. The summed E-state index contributed by atoms with van der Waals surface area (Å²) in [5.41, 5.74) is 2.07. The van der Waals surface area contributed by atoms with Crippen LogP contribution < -0.4 is 5.32 Å². The van der Waals surface area contributed by atoms with E-state index in [4.69, 9.17) is 0 Å². The van der Waals surface area contributed by atoms with Crippen LogP contribution in [0.25, 0.3) is 17.1 Å². The van der Waals surface area contributed by atoms with E-state index in [9.17, 15) is 17.6 Å². The summed E-state index contributed by atoms with van der Waals surface area (Å²) >= 11 is 0. The first-order valence-electron chi connectivity index (χ1n) is 9.22. The molecule has 0 aliphatic heterocycles. The number of aromatic amines is 1. The molecule has 4 aromatic rings. The number of anilines is 2. The molecule has 31 heavy (non-hydrogen) atoms. The molecule has 3 aromatic heterocycles. The van der Waals surface area contributed by atoms with E-state index >= 15 is 0 Å². The summed E-state index contributed by atoms with van der Waals surface area (Å²) in [6.07, 6.45) is -4.42. The van der Waals surface area contributed by atoms with Crippen LogP contribution in [-0.4, -0.2) is 36.1 Å². The number of aryl methyl sites for hydroxylation is 2. The van der Waals surface area contributed by atoms with E-state index in [0.717, 1.165) is 11.4 Å². The number of benzene rings is 1. The average Bonchev–Trinajstić information content (AvgIpc) is 3.24. The molecule has 2 N–H and O–H groups in total. The zero-order valence-corrected chi connectivity index (χ0v) is 16.5. The number of hydrogen-bond donors (Lipinski definition) is 2. The fourth-order valence-corrected chi connectivity index (χ4v) is 3.21. The number of H-pyrrole nitrogens is 1. The lowest BCUT2D eigenvalue weighted by atomic mass is 10.0. The van der Waals surface area contributed by atoms with Gasteiger partial charge >= 0.3 is 6.18 Å². The van der Waals surface area contributed by atoms with Crippen LogP contribution in [-0.2, 0) is 6.42 Å². The van der Waals surface area contributed by atoms with Crippen LogP contribution >= 0.6 is 0 Å².